The Hall–Kier alpha value is -0.240. The predicted octanol–water partition coefficient (Wildman–Crippen LogP) is 1.09. The fourth-order valence-electron chi connectivity index (χ4n) is 2.10. The minimum atomic E-state index is -3.46. The molecule has 0 spiro atoms. The van der Waals surface area contributed by atoms with Crippen molar-refractivity contribution >= 4 is 27.2 Å². The van der Waals surface area contributed by atoms with Gasteiger partial charge in [-0.2, -0.15) is 0 Å². The van der Waals surface area contributed by atoms with Gasteiger partial charge in [0.25, 0.3) is 0 Å². The molecular weight excluding hydrogens is 282 g/mol. The molecule has 0 bridgehead atoms. The van der Waals surface area contributed by atoms with Crippen molar-refractivity contribution in [3.8, 4) is 0 Å². The normalized spacial score (nSPS) is 14.3. The van der Waals surface area contributed by atoms with Crippen molar-refractivity contribution in [2.24, 2.45) is 5.73 Å². The monoisotopic (exact) mass is 309 g/mol. The van der Waals surface area contributed by atoms with Crippen molar-refractivity contribution < 1.29 is 8.42 Å². The molecule has 0 aliphatic carbocycles. The van der Waals surface area contributed by atoms with Gasteiger partial charge in [0, 0.05) is 25.2 Å². The van der Waals surface area contributed by atoms with E-state index in [4.69, 9.17) is 18.0 Å². The smallest absolute Gasteiger partial charge is 0.221 e. The second kappa shape index (κ2) is 8.14. The van der Waals surface area contributed by atoms with Crippen molar-refractivity contribution in [3.63, 3.8) is 0 Å². The average molecular weight is 310 g/mol. The van der Waals surface area contributed by atoms with Crippen LogP contribution in [0.2, 0.25) is 0 Å². The molecule has 3 N–H and O–H groups in total. The van der Waals surface area contributed by atoms with Gasteiger partial charge in [-0.1, -0.05) is 19.1 Å². The maximum Gasteiger partial charge on any atom is 0.221 e. The molecule has 0 aliphatic rings. The molecule has 1 unspecified atom stereocenters. The molecule has 0 rings (SSSR count). The zero-order valence-corrected chi connectivity index (χ0v) is 14.1. The number of hydrogen-bond acceptors (Lipinski definition) is 4. The number of sulfonamides is 1. The van der Waals surface area contributed by atoms with Crippen molar-refractivity contribution in [2.45, 2.75) is 58.4 Å². The molecular formula is C12H27N3O2S2. The third kappa shape index (κ3) is 6.16. The van der Waals surface area contributed by atoms with Crippen molar-refractivity contribution in [1.29, 1.82) is 0 Å². The van der Waals surface area contributed by atoms with Gasteiger partial charge in [0.2, 0.25) is 10.0 Å². The van der Waals surface area contributed by atoms with Crippen LogP contribution in [0.15, 0.2) is 0 Å². The summed E-state index contributed by atoms with van der Waals surface area (Å²) in [6.07, 6.45) is 0.392. The first-order chi connectivity index (χ1) is 8.63. The molecule has 0 aromatic carbocycles. The number of thiocarbonyl (C=S) groups is 1. The SMILES string of the molecule is CCC(C(N)=S)S(=O)(=O)NCCN(C(C)C)C(C)C. The van der Waals surface area contributed by atoms with E-state index in [-0.39, 0.29) is 4.99 Å². The van der Waals surface area contributed by atoms with Gasteiger partial charge in [-0.3, -0.25) is 4.90 Å². The number of rotatable bonds is 9. The zero-order valence-electron chi connectivity index (χ0n) is 12.5. The molecule has 0 aliphatic heterocycles. The Morgan fingerprint density at radius 1 is 1.26 bits per heavy atom. The van der Waals surface area contributed by atoms with E-state index >= 15 is 0 Å². The first-order valence-electron chi connectivity index (χ1n) is 6.67. The Labute approximate surface area is 123 Å². The first-order valence-corrected chi connectivity index (χ1v) is 8.62. The van der Waals surface area contributed by atoms with Gasteiger partial charge in [-0.05, 0) is 34.1 Å². The zero-order chi connectivity index (χ0) is 15.2. The van der Waals surface area contributed by atoms with Crippen LogP contribution < -0.4 is 10.5 Å². The van der Waals surface area contributed by atoms with E-state index in [0.717, 1.165) is 0 Å². The number of nitrogens with one attached hydrogen (secondary N) is 1. The lowest BCUT2D eigenvalue weighted by Crippen LogP contribution is -2.46. The van der Waals surface area contributed by atoms with E-state index < -0.39 is 15.3 Å². The highest BCUT2D eigenvalue weighted by Gasteiger charge is 2.26. The summed E-state index contributed by atoms with van der Waals surface area (Å²) in [5, 5.41) is -0.783. The Morgan fingerprint density at radius 2 is 1.74 bits per heavy atom. The molecule has 1 atom stereocenters. The molecule has 19 heavy (non-hydrogen) atoms. The molecule has 0 fully saturated rings. The van der Waals surface area contributed by atoms with Crippen LogP contribution in [-0.4, -0.2) is 48.7 Å². The molecule has 0 saturated carbocycles. The first kappa shape index (κ1) is 18.8. The predicted molar refractivity (Wildman–Crippen MR) is 84.8 cm³/mol. The lowest BCUT2D eigenvalue weighted by Gasteiger charge is -2.30. The molecule has 0 heterocycles. The van der Waals surface area contributed by atoms with E-state index in [1.807, 2.05) is 0 Å². The van der Waals surface area contributed by atoms with Crippen LogP contribution in [0.4, 0.5) is 0 Å². The summed E-state index contributed by atoms with van der Waals surface area (Å²) in [5.41, 5.74) is 5.46. The maximum atomic E-state index is 12.0. The highest BCUT2D eigenvalue weighted by molar-refractivity contribution is 7.93. The fourth-order valence-corrected chi connectivity index (χ4v) is 3.97. The van der Waals surface area contributed by atoms with Crippen LogP contribution in [0.3, 0.4) is 0 Å². The van der Waals surface area contributed by atoms with Crippen molar-refractivity contribution in [2.75, 3.05) is 13.1 Å². The average Bonchev–Trinajstić information content (AvgIpc) is 2.22. The Bertz CT molecular complexity index is 372. The van der Waals surface area contributed by atoms with Crippen molar-refractivity contribution in [3.05, 3.63) is 0 Å². The molecule has 0 aromatic rings. The summed E-state index contributed by atoms with van der Waals surface area (Å²) in [4.78, 5) is 2.25. The summed E-state index contributed by atoms with van der Waals surface area (Å²) in [6.45, 7) is 11.2. The molecule has 0 aromatic heterocycles. The van der Waals surface area contributed by atoms with Gasteiger partial charge < -0.3 is 5.73 Å². The molecule has 114 valence electrons. The fraction of sp³-hybridized carbons (Fsp3) is 0.917. The van der Waals surface area contributed by atoms with Gasteiger partial charge in [0.15, 0.2) is 0 Å². The van der Waals surface area contributed by atoms with E-state index in [2.05, 4.69) is 37.3 Å². The quantitative estimate of drug-likeness (QED) is 0.624. The Balaban J connectivity index is 4.51. The standard InChI is InChI=1S/C12H27N3O2S2/c1-6-11(12(13)18)19(16,17)14-7-8-15(9(2)3)10(4)5/h9-11,14H,6-8H2,1-5H3,(H2,13,18). The molecule has 0 saturated heterocycles. The van der Waals surface area contributed by atoms with Gasteiger partial charge in [-0.25, -0.2) is 13.1 Å². The number of nitrogens with two attached hydrogens (primary N) is 1. The van der Waals surface area contributed by atoms with E-state index in [9.17, 15) is 8.42 Å². The third-order valence-corrected chi connectivity index (χ3v) is 5.44. The summed E-state index contributed by atoms with van der Waals surface area (Å²) < 4.78 is 26.6. The lowest BCUT2D eigenvalue weighted by atomic mass is 10.2. The third-order valence-electron chi connectivity index (χ3n) is 3.06. The van der Waals surface area contributed by atoms with E-state index in [1.165, 1.54) is 0 Å². The van der Waals surface area contributed by atoms with Crippen LogP contribution in [-0.2, 0) is 10.0 Å². The summed E-state index contributed by atoms with van der Waals surface area (Å²) in [5.74, 6) is 0. The maximum absolute atomic E-state index is 12.0. The minimum Gasteiger partial charge on any atom is -0.392 e. The largest absolute Gasteiger partial charge is 0.392 e. The highest BCUT2D eigenvalue weighted by Crippen LogP contribution is 2.06. The van der Waals surface area contributed by atoms with Crippen LogP contribution in [0, 0.1) is 0 Å². The van der Waals surface area contributed by atoms with Gasteiger partial charge in [0.1, 0.15) is 5.25 Å². The van der Waals surface area contributed by atoms with Crippen LogP contribution in [0.1, 0.15) is 41.0 Å². The van der Waals surface area contributed by atoms with Gasteiger partial charge in [0.05, 0.1) is 4.99 Å². The Kier molecular flexibility index (Phi) is 8.03. The highest BCUT2D eigenvalue weighted by atomic mass is 32.2. The van der Waals surface area contributed by atoms with E-state index in [0.29, 0.717) is 31.6 Å². The number of nitrogens with zero attached hydrogens (tertiary/aromatic N) is 1. The second-order valence-electron chi connectivity index (χ2n) is 5.16. The van der Waals surface area contributed by atoms with Crippen LogP contribution in [0.25, 0.3) is 0 Å². The molecule has 0 amide bonds. The summed E-state index contributed by atoms with van der Waals surface area (Å²) >= 11 is 4.80. The Morgan fingerprint density at radius 3 is 2.05 bits per heavy atom. The van der Waals surface area contributed by atoms with Crippen LogP contribution in [0.5, 0.6) is 0 Å². The van der Waals surface area contributed by atoms with Crippen LogP contribution >= 0.6 is 12.2 Å². The van der Waals surface area contributed by atoms with E-state index in [1.54, 1.807) is 6.92 Å². The lowest BCUT2D eigenvalue weighted by molar-refractivity contribution is 0.179. The molecule has 0 radical (unpaired) electrons. The molecule has 7 heteroatoms. The summed E-state index contributed by atoms with van der Waals surface area (Å²) in [7, 11) is -3.46. The van der Waals surface area contributed by atoms with Gasteiger partial charge >= 0.3 is 0 Å². The topological polar surface area (TPSA) is 75.4 Å². The van der Waals surface area contributed by atoms with Gasteiger partial charge in [-0.15, -0.1) is 0 Å². The molecule has 5 nitrogen and oxygen atoms in total. The number of hydrogen-bond donors (Lipinski definition) is 2. The minimum absolute atomic E-state index is 0.0274. The van der Waals surface area contributed by atoms with Crippen molar-refractivity contribution in [1.82, 2.24) is 9.62 Å². The summed E-state index contributed by atoms with van der Waals surface area (Å²) in [6, 6.07) is 0.754. The second-order valence-corrected chi connectivity index (χ2v) is 7.58.